The average molecular weight is 467 g/mol. The third-order valence-electron chi connectivity index (χ3n) is 5.68. The Labute approximate surface area is 200 Å². The van der Waals surface area contributed by atoms with Gasteiger partial charge in [-0.05, 0) is 55.0 Å². The number of hydrogen-bond donors (Lipinski definition) is 3. The SMILES string of the molecule is [CH2]CC(O)CC(O)CCn1c(-c2ccc(F)cc2)nc(NC(=O)Cc2ccccc2)c1C(C)C. The molecule has 3 N–H and O–H groups in total. The lowest BCUT2D eigenvalue weighted by molar-refractivity contribution is -0.115. The molecule has 1 radical (unpaired) electrons. The highest BCUT2D eigenvalue weighted by atomic mass is 19.1. The number of rotatable bonds is 11. The second kappa shape index (κ2) is 11.9. The Morgan fingerprint density at radius 3 is 2.38 bits per heavy atom. The molecular formula is C27H33FN3O3. The van der Waals surface area contributed by atoms with Crippen LogP contribution in [0.25, 0.3) is 11.4 Å². The molecule has 0 bridgehead atoms. The number of amides is 1. The first kappa shape index (κ1) is 25.6. The van der Waals surface area contributed by atoms with Crippen molar-refractivity contribution < 1.29 is 19.4 Å². The highest BCUT2D eigenvalue weighted by molar-refractivity contribution is 5.92. The lowest BCUT2D eigenvalue weighted by Gasteiger charge is -2.19. The average Bonchev–Trinajstić information content (AvgIpc) is 3.16. The first-order valence-electron chi connectivity index (χ1n) is 11.6. The van der Waals surface area contributed by atoms with Gasteiger partial charge in [-0.25, -0.2) is 9.37 Å². The normalized spacial score (nSPS) is 13.1. The molecule has 2 unspecified atom stereocenters. The number of hydrogen-bond acceptors (Lipinski definition) is 4. The second-order valence-corrected chi connectivity index (χ2v) is 8.81. The minimum Gasteiger partial charge on any atom is -0.393 e. The number of imidazole rings is 1. The molecule has 0 fully saturated rings. The van der Waals surface area contributed by atoms with Crippen LogP contribution in [-0.4, -0.2) is 37.9 Å². The van der Waals surface area contributed by atoms with Gasteiger partial charge in [0.1, 0.15) is 11.6 Å². The molecule has 0 aliphatic heterocycles. The number of nitrogens with one attached hydrogen (secondary N) is 1. The molecule has 1 amide bonds. The summed E-state index contributed by atoms with van der Waals surface area (Å²) in [6.07, 6.45) is -0.194. The van der Waals surface area contributed by atoms with Gasteiger partial charge in [0.05, 0.1) is 24.3 Å². The summed E-state index contributed by atoms with van der Waals surface area (Å²) < 4.78 is 15.5. The van der Waals surface area contributed by atoms with Crippen molar-refractivity contribution in [3.05, 3.63) is 78.6 Å². The second-order valence-electron chi connectivity index (χ2n) is 8.81. The quantitative estimate of drug-likeness (QED) is 0.382. The van der Waals surface area contributed by atoms with E-state index in [0.717, 1.165) is 11.3 Å². The molecule has 34 heavy (non-hydrogen) atoms. The van der Waals surface area contributed by atoms with Gasteiger partial charge in [0, 0.05) is 12.1 Å². The summed E-state index contributed by atoms with van der Waals surface area (Å²) in [7, 11) is 0. The molecule has 0 saturated carbocycles. The molecule has 0 aliphatic rings. The van der Waals surface area contributed by atoms with Crippen molar-refractivity contribution >= 4 is 11.7 Å². The van der Waals surface area contributed by atoms with Gasteiger partial charge in [0.15, 0.2) is 5.82 Å². The van der Waals surface area contributed by atoms with Gasteiger partial charge in [0.25, 0.3) is 0 Å². The van der Waals surface area contributed by atoms with Gasteiger partial charge >= 0.3 is 0 Å². The maximum Gasteiger partial charge on any atom is 0.229 e. The van der Waals surface area contributed by atoms with Crippen molar-refractivity contribution in [1.82, 2.24) is 9.55 Å². The lowest BCUT2D eigenvalue weighted by Crippen LogP contribution is -2.20. The van der Waals surface area contributed by atoms with E-state index in [4.69, 9.17) is 4.98 Å². The number of benzene rings is 2. The Hall–Kier alpha value is -3.03. The van der Waals surface area contributed by atoms with Crippen LogP contribution in [0.1, 0.15) is 50.3 Å². The zero-order valence-electron chi connectivity index (χ0n) is 19.7. The fourth-order valence-electron chi connectivity index (χ4n) is 3.97. The minimum atomic E-state index is -0.712. The van der Waals surface area contributed by atoms with E-state index in [9.17, 15) is 19.4 Å². The Morgan fingerprint density at radius 1 is 1.09 bits per heavy atom. The summed E-state index contributed by atoms with van der Waals surface area (Å²) in [6.45, 7) is 8.12. The molecule has 3 aromatic rings. The smallest absolute Gasteiger partial charge is 0.229 e. The standard InChI is InChI=1S/C27H33FN3O3/c1-4-22(32)17-23(33)14-15-31-25(18(2)3)26(29-24(34)16-19-8-6-5-7-9-19)30-27(31)20-10-12-21(28)13-11-20/h5-13,18,22-23,32-33H,1,4,14-17H2,2-3H3,(H,29,34). The number of anilines is 1. The van der Waals surface area contributed by atoms with Crippen LogP contribution < -0.4 is 5.32 Å². The van der Waals surface area contributed by atoms with Crippen molar-refractivity contribution in [2.24, 2.45) is 0 Å². The topological polar surface area (TPSA) is 87.4 Å². The Bertz CT molecular complexity index is 1060. The fraction of sp³-hybridized carbons (Fsp3) is 0.370. The molecular weight excluding hydrogens is 433 g/mol. The maximum atomic E-state index is 13.6. The van der Waals surface area contributed by atoms with Crippen LogP contribution in [0, 0.1) is 12.7 Å². The summed E-state index contributed by atoms with van der Waals surface area (Å²) >= 11 is 0. The van der Waals surface area contributed by atoms with Gasteiger partial charge < -0.3 is 20.1 Å². The number of nitrogens with zero attached hydrogens (tertiary/aromatic N) is 2. The van der Waals surface area contributed by atoms with E-state index in [1.165, 1.54) is 12.1 Å². The molecule has 1 aromatic heterocycles. The summed E-state index contributed by atoms with van der Waals surface area (Å²) in [4.78, 5) is 17.5. The Balaban J connectivity index is 1.92. The largest absolute Gasteiger partial charge is 0.393 e. The van der Waals surface area contributed by atoms with E-state index < -0.39 is 12.2 Å². The summed E-state index contributed by atoms with van der Waals surface area (Å²) in [5.74, 6) is 0.546. The number of aromatic nitrogens is 2. The zero-order valence-corrected chi connectivity index (χ0v) is 19.7. The Kier molecular flexibility index (Phi) is 8.96. The summed E-state index contributed by atoms with van der Waals surface area (Å²) in [5, 5.41) is 23.2. The maximum absolute atomic E-state index is 13.6. The molecule has 7 heteroatoms. The number of carbonyl (C=O) groups excluding carboxylic acids is 1. The molecule has 3 rings (SSSR count). The summed E-state index contributed by atoms with van der Waals surface area (Å²) in [6, 6.07) is 15.5. The van der Waals surface area contributed by atoms with E-state index in [-0.39, 0.29) is 30.5 Å². The van der Waals surface area contributed by atoms with E-state index in [1.807, 2.05) is 48.7 Å². The molecule has 6 nitrogen and oxygen atoms in total. The van der Waals surface area contributed by atoms with Crippen molar-refractivity contribution in [2.75, 3.05) is 5.32 Å². The van der Waals surface area contributed by atoms with Gasteiger partial charge in [-0.15, -0.1) is 0 Å². The van der Waals surface area contributed by atoms with E-state index in [1.54, 1.807) is 12.1 Å². The van der Waals surface area contributed by atoms with Crippen molar-refractivity contribution in [3.8, 4) is 11.4 Å². The van der Waals surface area contributed by atoms with Crippen molar-refractivity contribution in [3.63, 3.8) is 0 Å². The van der Waals surface area contributed by atoms with Crippen LogP contribution in [0.2, 0.25) is 0 Å². The van der Waals surface area contributed by atoms with Crippen LogP contribution in [0.4, 0.5) is 10.2 Å². The van der Waals surface area contributed by atoms with Crippen LogP contribution in [0.5, 0.6) is 0 Å². The molecule has 181 valence electrons. The number of aliphatic hydroxyl groups excluding tert-OH is 2. The van der Waals surface area contributed by atoms with Gasteiger partial charge in [0.2, 0.25) is 5.91 Å². The van der Waals surface area contributed by atoms with Gasteiger partial charge in [-0.1, -0.05) is 51.1 Å². The Morgan fingerprint density at radius 2 is 1.76 bits per heavy atom. The van der Waals surface area contributed by atoms with Crippen LogP contribution in [0.15, 0.2) is 54.6 Å². The fourth-order valence-corrected chi connectivity index (χ4v) is 3.97. The van der Waals surface area contributed by atoms with Crippen LogP contribution in [0.3, 0.4) is 0 Å². The van der Waals surface area contributed by atoms with E-state index >= 15 is 0 Å². The van der Waals surface area contributed by atoms with Crippen molar-refractivity contribution in [2.45, 2.75) is 64.2 Å². The molecule has 2 atom stereocenters. The highest BCUT2D eigenvalue weighted by Crippen LogP contribution is 2.32. The number of carbonyl (C=O) groups is 1. The molecule has 0 spiro atoms. The molecule has 2 aromatic carbocycles. The van der Waals surface area contributed by atoms with Crippen molar-refractivity contribution in [1.29, 1.82) is 0 Å². The monoisotopic (exact) mass is 466 g/mol. The molecule has 0 saturated heterocycles. The number of aliphatic hydroxyl groups is 2. The third kappa shape index (κ3) is 6.74. The number of halogens is 1. The molecule has 0 aliphatic carbocycles. The van der Waals surface area contributed by atoms with E-state index in [2.05, 4.69) is 12.2 Å². The predicted molar refractivity (Wildman–Crippen MR) is 132 cm³/mol. The third-order valence-corrected chi connectivity index (χ3v) is 5.68. The first-order valence-corrected chi connectivity index (χ1v) is 11.6. The molecule has 1 heterocycles. The summed E-state index contributed by atoms with van der Waals surface area (Å²) in [5.41, 5.74) is 2.43. The van der Waals surface area contributed by atoms with Crippen LogP contribution >= 0.6 is 0 Å². The predicted octanol–water partition coefficient (Wildman–Crippen LogP) is 4.72. The lowest BCUT2D eigenvalue weighted by atomic mass is 10.1. The van der Waals surface area contributed by atoms with E-state index in [0.29, 0.717) is 36.6 Å². The van der Waals surface area contributed by atoms with Crippen LogP contribution in [-0.2, 0) is 17.8 Å². The van der Waals surface area contributed by atoms with Gasteiger partial charge in [-0.2, -0.15) is 0 Å². The zero-order chi connectivity index (χ0) is 24.7. The minimum absolute atomic E-state index is 0.0244. The highest BCUT2D eigenvalue weighted by Gasteiger charge is 2.23. The van der Waals surface area contributed by atoms with Gasteiger partial charge in [-0.3, -0.25) is 4.79 Å². The first-order chi connectivity index (χ1) is 16.3.